The average Bonchev–Trinajstić information content (AvgIpc) is 3.61. The highest BCUT2D eigenvalue weighted by Gasteiger charge is 2.53. The van der Waals surface area contributed by atoms with Gasteiger partial charge >= 0.3 is 0 Å². The third-order valence-electron chi connectivity index (χ3n) is 13.1. The van der Waals surface area contributed by atoms with Crippen LogP contribution in [0.25, 0.3) is 11.4 Å². The number of fused-ring (bicyclic) bond motifs is 11. The molecule has 5 nitrogen and oxygen atoms in total. The summed E-state index contributed by atoms with van der Waals surface area (Å²) >= 11 is 0. The van der Waals surface area contributed by atoms with Gasteiger partial charge in [0.2, 0.25) is 0 Å². The third kappa shape index (κ3) is 5.01. The van der Waals surface area contributed by atoms with Gasteiger partial charge in [-0.2, -0.15) is 0 Å². The van der Waals surface area contributed by atoms with Crippen LogP contribution in [0.4, 0.5) is 51.2 Å². The first-order valence-corrected chi connectivity index (χ1v) is 21.0. The molecule has 1 aliphatic carbocycles. The standard InChI is InChI=1S/C56H41N5/c1-55(2)43-24-12-14-28-49(43)61(50-29-15-13-25-44(50)55)42-31-33-52-48(37-42)56(45-26-16-34-57-53(45)54-46(56)27-17-35-58-54)47-36-41(30-32-51(47)60(52)40-22-10-5-11-23-40)59(38-18-6-3-7-19-38)39-20-8-4-9-21-39/h3-37H,1-2H3. The molecule has 12 rings (SSSR count). The second kappa shape index (κ2) is 13.4. The van der Waals surface area contributed by atoms with E-state index >= 15 is 0 Å². The maximum absolute atomic E-state index is 5.12. The van der Waals surface area contributed by atoms with E-state index in [0.29, 0.717) is 0 Å². The van der Waals surface area contributed by atoms with Crippen LogP contribution < -0.4 is 14.7 Å². The van der Waals surface area contributed by atoms with E-state index in [9.17, 15) is 0 Å². The summed E-state index contributed by atoms with van der Waals surface area (Å²) in [7, 11) is 0. The number of anilines is 9. The summed E-state index contributed by atoms with van der Waals surface area (Å²) in [6.07, 6.45) is 3.81. The summed E-state index contributed by atoms with van der Waals surface area (Å²) in [5.41, 5.74) is 18.1. The molecule has 61 heavy (non-hydrogen) atoms. The summed E-state index contributed by atoms with van der Waals surface area (Å²) in [5.74, 6) is 0. The Morgan fingerprint density at radius 1 is 0.361 bits per heavy atom. The van der Waals surface area contributed by atoms with Crippen LogP contribution in [0.1, 0.15) is 47.2 Å². The van der Waals surface area contributed by atoms with Gasteiger partial charge in [-0.3, -0.25) is 9.97 Å². The molecule has 0 atom stereocenters. The molecule has 0 fully saturated rings. The van der Waals surface area contributed by atoms with Gasteiger partial charge in [0.15, 0.2) is 0 Å². The van der Waals surface area contributed by atoms with Crippen LogP contribution in [-0.2, 0) is 10.8 Å². The molecule has 2 aromatic heterocycles. The van der Waals surface area contributed by atoms with Crippen molar-refractivity contribution in [3.8, 4) is 11.4 Å². The predicted octanol–water partition coefficient (Wildman–Crippen LogP) is 14.2. The highest BCUT2D eigenvalue weighted by atomic mass is 15.2. The van der Waals surface area contributed by atoms with Gasteiger partial charge in [-0.25, -0.2) is 0 Å². The lowest BCUT2D eigenvalue weighted by Crippen LogP contribution is -2.37. The summed E-state index contributed by atoms with van der Waals surface area (Å²) in [6, 6.07) is 72.7. The predicted molar refractivity (Wildman–Crippen MR) is 249 cm³/mol. The quantitative estimate of drug-likeness (QED) is 0.174. The van der Waals surface area contributed by atoms with Gasteiger partial charge in [-0.05, 0) is 130 Å². The topological polar surface area (TPSA) is 35.5 Å². The third-order valence-corrected chi connectivity index (χ3v) is 13.1. The molecule has 0 bridgehead atoms. The van der Waals surface area contributed by atoms with Gasteiger partial charge in [0.1, 0.15) is 0 Å². The van der Waals surface area contributed by atoms with Crippen molar-refractivity contribution >= 4 is 51.2 Å². The summed E-state index contributed by atoms with van der Waals surface area (Å²) < 4.78 is 0. The molecule has 1 spiro atoms. The van der Waals surface area contributed by atoms with E-state index < -0.39 is 5.41 Å². The molecule has 3 aliphatic rings. The van der Waals surface area contributed by atoms with E-state index in [1.54, 1.807) is 0 Å². The van der Waals surface area contributed by atoms with Gasteiger partial charge in [0.25, 0.3) is 0 Å². The van der Waals surface area contributed by atoms with E-state index in [4.69, 9.17) is 9.97 Å². The molecule has 290 valence electrons. The molecule has 0 saturated heterocycles. The molecule has 7 aromatic carbocycles. The smallest absolute Gasteiger partial charge is 0.0937 e. The zero-order valence-corrected chi connectivity index (χ0v) is 33.9. The molecule has 0 N–H and O–H groups in total. The number of nitrogens with zero attached hydrogens (tertiary/aromatic N) is 5. The second-order valence-electron chi connectivity index (χ2n) is 16.6. The molecular formula is C56H41N5. The van der Waals surface area contributed by atoms with Crippen LogP contribution in [0.5, 0.6) is 0 Å². The van der Waals surface area contributed by atoms with Crippen molar-refractivity contribution in [2.24, 2.45) is 0 Å². The summed E-state index contributed by atoms with van der Waals surface area (Å²) in [5, 5.41) is 0. The van der Waals surface area contributed by atoms with E-state index in [2.05, 4.69) is 229 Å². The van der Waals surface area contributed by atoms with Crippen molar-refractivity contribution in [3.05, 3.63) is 246 Å². The Labute approximate surface area is 356 Å². The molecule has 0 unspecified atom stereocenters. The average molecular weight is 784 g/mol. The van der Waals surface area contributed by atoms with Crippen LogP contribution in [0.15, 0.2) is 213 Å². The fourth-order valence-corrected chi connectivity index (χ4v) is 10.5. The minimum absolute atomic E-state index is 0.178. The molecule has 0 amide bonds. The summed E-state index contributed by atoms with van der Waals surface area (Å²) in [6.45, 7) is 4.69. The van der Waals surface area contributed by atoms with E-state index in [1.165, 1.54) is 28.1 Å². The highest BCUT2D eigenvalue weighted by molar-refractivity contribution is 5.97. The van der Waals surface area contributed by atoms with E-state index in [0.717, 1.165) is 67.9 Å². The number of rotatable bonds is 5. The number of hydrogen-bond donors (Lipinski definition) is 0. The molecule has 4 heterocycles. The van der Waals surface area contributed by atoms with Crippen molar-refractivity contribution in [1.82, 2.24) is 9.97 Å². The van der Waals surface area contributed by atoms with Gasteiger partial charge in [0, 0.05) is 46.2 Å². The molecule has 5 heteroatoms. The Morgan fingerprint density at radius 2 is 0.803 bits per heavy atom. The van der Waals surface area contributed by atoms with Crippen molar-refractivity contribution in [1.29, 1.82) is 0 Å². The molecule has 0 radical (unpaired) electrons. The Balaban J connectivity index is 1.20. The van der Waals surface area contributed by atoms with Gasteiger partial charge in [-0.15, -0.1) is 0 Å². The first kappa shape index (κ1) is 35.2. The van der Waals surface area contributed by atoms with Crippen molar-refractivity contribution in [2.45, 2.75) is 24.7 Å². The van der Waals surface area contributed by atoms with E-state index in [1.807, 2.05) is 12.4 Å². The minimum atomic E-state index is -0.776. The molecule has 0 saturated carbocycles. The number of para-hydroxylation sites is 5. The van der Waals surface area contributed by atoms with Crippen molar-refractivity contribution < 1.29 is 0 Å². The van der Waals surface area contributed by atoms with Gasteiger partial charge < -0.3 is 14.7 Å². The van der Waals surface area contributed by atoms with Crippen LogP contribution >= 0.6 is 0 Å². The van der Waals surface area contributed by atoms with Gasteiger partial charge in [-0.1, -0.05) is 117 Å². The Morgan fingerprint density at radius 3 is 1.38 bits per heavy atom. The highest BCUT2D eigenvalue weighted by Crippen LogP contribution is 2.64. The monoisotopic (exact) mass is 783 g/mol. The SMILES string of the molecule is CC1(C)c2ccccc2N(c2ccc3c(c2)C2(c4cc(N(c5ccccc5)c5ccccc5)ccc4N3c3ccccc3)c3cccnc3-c3ncccc32)c2ccccc21. The van der Waals surface area contributed by atoms with Crippen LogP contribution in [-0.4, -0.2) is 9.97 Å². The lowest BCUT2D eigenvalue weighted by atomic mass is 9.64. The van der Waals surface area contributed by atoms with Crippen LogP contribution in [0, 0.1) is 0 Å². The Hall–Kier alpha value is -7.76. The summed E-state index contributed by atoms with van der Waals surface area (Å²) in [4.78, 5) is 17.5. The largest absolute Gasteiger partial charge is 0.310 e. The Bertz CT molecular complexity index is 3010. The lowest BCUT2D eigenvalue weighted by Gasteiger charge is -2.46. The molecule has 9 aromatic rings. The van der Waals surface area contributed by atoms with Crippen LogP contribution in [0.3, 0.4) is 0 Å². The van der Waals surface area contributed by atoms with E-state index in [-0.39, 0.29) is 5.41 Å². The van der Waals surface area contributed by atoms with Crippen molar-refractivity contribution in [3.63, 3.8) is 0 Å². The second-order valence-corrected chi connectivity index (χ2v) is 16.6. The normalized spacial score (nSPS) is 14.6. The number of benzene rings is 7. The Kier molecular flexibility index (Phi) is 7.72. The number of pyridine rings is 2. The minimum Gasteiger partial charge on any atom is -0.310 e. The maximum atomic E-state index is 5.12. The lowest BCUT2D eigenvalue weighted by molar-refractivity contribution is 0.632. The fourth-order valence-electron chi connectivity index (χ4n) is 10.5. The van der Waals surface area contributed by atoms with Gasteiger partial charge in [0.05, 0.1) is 39.6 Å². The first-order chi connectivity index (χ1) is 30.0. The zero-order chi connectivity index (χ0) is 40.7. The molecular weight excluding hydrogens is 743 g/mol. The number of aromatic nitrogens is 2. The maximum Gasteiger partial charge on any atom is 0.0937 e. The van der Waals surface area contributed by atoms with Crippen LogP contribution in [0.2, 0.25) is 0 Å². The zero-order valence-electron chi connectivity index (χ0n) is 33.9. The number of hydrogen-bond acceptors (Lipinski definition) is 5. The van der Waals surface area contributed by atoms with Crippen molar-refractivity contribution in [2.75, 3.05) is 14.7 Å². The first-order valence-electron chi connectivity index (χ1n) is 21.0. The fraction of sp³-hybridized carbons (Fsp3) is 0.0714. The molecule has 2 aliphatic heterocycles.